The van der Waals surface area contributed by atoms with Crippen LogP contribution in [0, 0.1) is 0 Å². The van der Waals surface area contributed by atoms with Crippen LogP contribution in [0.4, 0.5) is 17.1 Å². The van der Waals surface area contributed by atoms with Crippen LogP contribution in [0.25, 0.3) is 0 Å². The molecular formula is C18H25N3O. The van der Waals surface area contributed by atoms with Gasteiger partial charge in [0.2, 0.25) is 0 Å². The first-order valence-electron chi connectivity index (χ1n) is 8.48. The molecule has 0 heterocycles. The van der Waals surface area contributed by atoms with Crippen molar-refractivity contribution < 1.29 is 5.11 Å². The van der Waals surface area contributed by atoms with E-state index in [-0.39, 0.29) is 5.75 Å². The van der Waals surface area contributed by atoms with Gasteiger partial charge in [0.15, 0.2) is 0 Å². The van der Waals surface area contributed by atoms with Crippen molar-refractivity contribution >= 4 is 28.5 Å². The monoisotopic (exact) mass is 299 g/mol. The summed E-state index contributed by atoms with van der Waals surface area (Å²) in [4.78, 5) is 9.38. The molecule has 0 aliphatic heterocycles. The lowest BCUT2D eigenvalue weighted by Crippen LogP contribution is -2.04. The minimum atomic E-state index is 0.156. The third kappa shape index (κ3) is 3.67. The van der Waals surface area contributed by atoms with Crippen LogP contribution in [0.3, 0.4) is 0 Å². The first-order valence-corrected chi connectivity index (χ1v) is 8.48. The number of rotatable bonds is 2. The summed E-state index contributed by atoms with van der Waals surface area (Å²) in [5.41, 5.74) is 10.3. The number of phenolic OH excluding ortho intramolecular Hbond substituents is 1. The lowest BCUT2D eigenvalue weighted by Gasteiger charge is -2.15. The van der Waals surface area contributed by atoms with Crippen molar-refractivity contribution in [2.24, 2.45) is 9.98 Å². The van der Waals surface area contributed by atoms with Crippen LogP contribution in [0.5, 0.6) is 5.75 Å². The smallest absolute Gasteiger partial charge is 0.143 e. The quantitative estimate of drug-likeness (QED) is 0.750. The number of phenols is 1. The highest BCUT2D eigenvalue weighted by molar-refractivity contribution is 5.91. The standard InChI is InChI=1S/C18H25N3O/c19-15-11-18(22)17(21-14-9-5-2-6-10-14)12-16(15)20-13-7-3-1-4-8-13/h11-12,22H,1-10,19H2. The summed E-state index contributed by atoms with van der Waals surface area (Å²) in [6, 6.07) is 3.43. The van der Waals surface area contributed by atoms with Gasteiger partial charge in [-0.2, -0.15) is 0 Å². The Morgan fingerprint density at radius 2 is 1.23 bits per heavy atom. The number of benzene rings is 1. The summed E-state index contributed by atoms with van der Waals surface area (Å²) in [5.74, 6) is 0.156. The Bertz CT molecular complexity index is 539. The van der Waals surface area contributed by atoms with E-state index in [1.807, 2.05) is 6.07 Å². The molecule has 0 amide bonds. The zero-order chi connectivity index (χ0) is 15.4. The van der Waals surface area contributed by atoms with Crippen LogP contribution in [-0.4, -0.2) is 16.5 Å². The Labute approximate surface area is 132 Å². The molecule has 3 N–H and O–H groups in total. The Morgan fingerprint density at radius 3 is 1.77 bits per heavy atom. The van der Waals surface area contributed by atoms with Crippen molar-refractivity contribution in [2.75, 3.05) is 5.73 Å². The minimum Gasteiger partial charge on any atom is -0.506 e. The summed E-state index contributed by atoms with van der Waals surface area (Å²) in [7, 11) is 0. The first kappa shape index (κ1) is 15.1. The molecular weight excluding hydrogens is 274 g/mol. The van der Waals surface area contributed by atoms with Crippen LogP contribution >= 0.6 is 0 Å². The van der Waals surface area contributed by atoms with Gasteiger partial charge in [-0.1, -0.05) is 12.8 Å². The number of hydrogen-bond acceptors (Lipinski definition) is 4. The van der Waals surface area contributed by atoms with Gasteiger partial charge in [-0.05, 0) is 57.4 Å². The SMILES string of the molecule is Nc1cc(O)c(N=C2CCCCC2)cc1N=C1CCCCC1. The van der Waals surface area contributed by atoms with Gasteiger partial charge in [0.25, 0.3) is 0 Å². The Kier molecular flexibility index (Phi) is 4.76. The molecule has 0 aromatic heterocycles. The summed E-state index contributed by atoms with van der Waals surface area (Å²) >= 11 is 0. The van der Waals surface area contributed by atoms with Gasteiger partial charge in [0.05, 0.1) is 11.4 Å². The van der Waals surface area contributed by atoms with E-state index < -0.39 is 0 Å². The van der Waals surface area contributed by atoms with Crippen LogP contribution in [0.1, 0.15) is 64.2 Å². The average Bonchev–Trinajstić information content (AvgIpc) is 2.54. The van der Waals surface area contributed by atoms with E-state index >= 15 is 0 Å². The molecule has 3 rings (SSSR count). The molecule has 2 saturated carbocycles. The van der Waals surface area contributed by atoms with Gasteiger partial charge in [-0.3, -0.25) is 9.98 Å². The van der Waals surface area contributed by atoms with E-state index in [1.165, 1.54) is 49.9 Å². The fourth-order valence-corrected chi connectivity index (χ4v) is 3.25. The molecule has 1 aromatic carbocycles. The van der Waals surface area contributed by atoms with Gasteiger partial charge < -0.3 is 10.8 Å². The molecule has 2 fully saturated rings. The predicted octanol–water partition coefficient (Wildman–Crippen LogP) is 5.05. The maximum absolute atomic E-state index is 10.1. The van der Waals surface area contributed by atoms with E-state index in [0.717, 1.165) is 31.4 Å². The second-order valence-corrected chi connectivity index (χ2v) is 6.38. The Balaban J connectivity index is 1.89. The highest BCUT2D eigenvalue weighted by atomic mass is 16.3. The third-order valence-corrected chi connectivity index (χ3v) is 4.54. The summed E-state index contributed by atoms with van der Waals surface area (Å²) in [5, 5.41) is 10.1. The average molecular weight is 299 g/mol. The first-order chi connectivity index (χ1) is 10.7. The van der Waals surface area contributed by atoms with Crippen molar-refractivity contribution in [2.45, 2.75) is 64.2 Å². The highest BCUT2D eigenvalue weighted by Gasteiger charge is 2.12. The van der Waals surface area contributed by atoms with Gasteiger partial charge in [-0.15, -0.1) is 0 Å². The number of nitrogens with zero attached hydrogens (tertiary/aromatic N) is 2. The molecule has 1 aromatic rings. The molecule has 0 unspecified atom stereocenters. The largest absolute Gasteiger partial charge is 0.506 e. The molecule has 0 atom stereocenters. The molecule has 0 spiro atoms. The van der Waals surface area contributed by atoms with E-state index in [0.29, 0.717) is 11.4 Å². The van der Waals surface area contributed by atoms with Crippen molar-refractivity contribution in [3.05, 3.63) is 12.1 Å². The number of aromatic hydroxyl groups is 1. The third-order valence-electron chi connectivity index (χ3n) is 4.54. The normalized spacial score (nSPS) is 19.1. The van der Waals surface area contributed by atoms with Gasteiger partial charge >= 0.3 is 0 Å². The zero-order valence-corrected chi connectivity index (χ0v) is 13.1. The molecule has 4 nitrogen and oxygen atoms in total. The molecule has 0 bridgehead atoms. The zero-order valence-electron chi connectivity index (χ0n) is 13.1. The van der Waals surface area contributed by atoms with Crippen LogP contribution < -0.4 is 5.73 Å². The molecule has 0 radical (unpaired) electrons. The van der Waals surface area contributed by atoms with Crippen LogP contribution in [0.15, 0.2) is 22.1 Å². The van der Waals surface area contributed by atoms with E-state index in [2.05, 4.69) is 4.99 Å². The number of aliphatic imine (C=N–C) groups is 2. The lowest BCUT2D eigenvalue weighted by atomic mass is 9.98. The van der Waals surface area contributed by atoms with E-state index in [1.54, 1.807) is 6.07 Å². The Morgan fingerprint density at radius 1 is 0.727 bits per heavy atom. The molecule has 22 heavy (non-hydrogen) atoms. The second kappa shape index (κ2) is 6.95. The van der Waals surface area contributed by atoms with Crippen molar-refractivity contribution in [3.63, 3.8) is 0 Å². The molecule has 2 aliphatic rings. The number of nitrogens with two attached hydrogens (primary N) is 1. The van der Waals surface area contributed by atoms with Crippen molar-refractivity contribution in [3.8, 4) is 5.75 Å². The van der Waals surface area contributed by atoms with Crippen LogP contribution in [-0.2, 0) is 0 Å². The fourth-order valence-electron chi connectivity index (χ4n) is 3.25. The van der Waals surface area contributed by atoms with Crippen LogP contribution in [0.2, 0.25) is 0 Å². The van der Waals surface area contributed by atoms with E-state index in [9.17, 15) is 5.11 Å². The maximum Gasteiger partial charge on any atom is 0.143 e. The second-order valence-electron chi connectivity index (χ2n) is 6.38. The summed E-state index contributed by atoms with van der Waals surface area (Å²) in [6.07, 6.45) is 11.6. The lowest BCUT2D eigenvalue weighted by molar-refractivity contribution is 0.477. The predicted molar refractivity (Wildman–Crippen MR) is 92.9 cm³/mol. The Hall–Kier alpha value is -1.84. The number of nitrogen functional groups attached to an aromatic ring is 1. The fraction of sp³-hybridized carbons (Fsp3) is 0.556. The topological polar surface area (TPSA) is 71.0 Å². The molecule has 2 aliphatic carbocycles. The maximum atomic E-state index is 10.1. The minimum absolute atomic E-state index is 0.156. The van der Waals surface area contributed by atoms with Gasteiger partial charge in [0.1, 0.15) is 11.4 Å². The van der Waals surface area contributed by atoms with E-state index in [4.69, 9.17) is 10.7 Å². The molecule has 4 heteroatoms. The van der Waals surface area contributed by atoms with Crippen molar-refractivity contribution in [1.82, 2.24) is 0 Å². The van der Waals surface area contributed by atoms with Gasteiger partial charge in [-0.25, -0.2) is 0 Å². The number of anilines is 1. The van der Waals surface area contributed by atoms with Gasteiger partial charge in [0, 0.05) is 17.5 Å². The number of hydrogen-bond donors (Lipinski definition) is 2. The highest BCUT2D eigenvalue weighted by Crippen LogP contribution is 2.37. The molecule has 118 valence electrons. The molecule has 0 saturated heterocycles. The van der Waals surface area contributed by atoms with Crippen molar-refractivity contribution in [1.29, 1.82) is 0 Å². The summed E-state index contributed by atoms with van der Waals surface area (Å²) in [6.45, 7) is 0. The summed E-state index contributed by atoms with van der Waals surface area (Å²) < 4.78 is 0.